The molecule has 0 bridgehead atoms. The van der Waals surface area contributed by atoms with Crippen LogP contribution in [0.4, 0.5) is 5.69 Å². The number of ether oxygens (including phenoxy) is 3. The van der Waals surface area contributed by atoms with Gasteiger partial charge in [0, 0.05) is 12.6 Å². The lowest BCUT2D eigenvalue weighted by molar-refractivity contribution is 0.395. The van der Waals surface area contributed by atoms with Gasteiger partial charge in [0.05, 0.1) is 31.9 Å². The van der Waals surface area contributed by atoms with Gasteiger partial charge in [0.1, 0.15) is 17.2 Å². The number of nitrogens with zero attached hydrogens (tertiary/aromatic N) is 1. The molecule has 0 saturated heterocycles. The van der Waals surface area contributed by atoms with E-state index in [0.29, 0.717) is 22.9 Å². The SMILES string of the molecule is CCN(c1ccc(OC)cc1OC)S(=O)(=O)c1ccc(OC)cc1. The van der Waals surface area contributed by atoms with Gasteiger partial charge in [0.15, 0.2) is 0 Å². The Balaban J connectivity index is 2.49. The Kier molecular flexibility index (Phi) is 5.56. The molecule has 0 aliphatic rings. The number of anilines is 1. The first-order valence-corrected chi connectivity index (χ1v) is 8.80. The first kappa shape index (κ1) is 17.9. The van der Waals surface area contributed by atoms with E-state index in [1.165, 1.54) is 30.7 Å². The molecule has 0 aromatic heterocycles. The number of rotatable bonds is 7. The fraction of sp³-hybridized carbons (Fsp3) is 0.294. The average molecular weight is 351 g/mol. The van der Waals surface area contributed by atoms with E-state index in [1.807, 2.05) is 0 Å². The zero-order valence-electron chi connectivity index (χ0n) is 14.1. The van der Waals surface area contributed by atoms with Crippen LogP contribution < -0.4 is 18.5 Å². The van der Waals surface area contributed by atoms with E-state index in [-0.39, 0.29) is 11.4 Å². The summed E-state index contributed by atoms with van der Waals surface area (Å²) in [7, 11) is 0.841. The highest BCUT2D eigenvalue weighted by Gasteiger charge is 2.26. The molecule has 2 rings (SSSR count). The van der Waals surface area contributed by atoms with E-state index in [4.69, 9.17) is 14.2 Å². The van der Waals surface area contributed by atoms with Crippen LogP contribution >= 0.6 is 0 Å². The summed E-state index contributed by atoms with van der Waals surface area (Å²) in [6.45, 7) is 2.03. The standard InChI is InChI=1S/C17H21NO5S/c1-5-18(16-11-8-14(22-3)12-17(16)23-4)24(19,20)15-9-6-13(21-2)7-10-15/h6-12H,5H2,1-4H3. The molecule has 0 radical (unpaired) electrons. The van der Waals surface area contributed by atoms with Gasteiger partial charge in [-0.05, 0) is 43.3 Å². The average Bonchev–Trinajstić information content (AvgIpc) is 2.62. The van der Waals surface area contributed by atoms with E-state index in [1.54, 1.807) is 44.4 Å². The molecule has 0 spiro atoms. The van der Waals surface area contributed by atoms with Crippen LogP contribution in [0, 0.1) is 0 Å². The van der Waals surface area contributed by atoms with Gasteiger partial charge in [-0.1, -0.05) is 0 Å². The molecule has 0 fully saturated rings. The summed E-state index contributed by atoms with van der Waals surface area (Å²) >= 11 is 0. The topological polar surface area (TPSA) is 65.1 Å². The molecule has 0 saturated carbocycles. The third-order valence-electron chi connectivity index (χ3n) is 3.59. The zero-order chi connectivity index (χ0) is 17.7. The minimum atomic E-state index is -3.72. The van der Waals surface area contributed by atoms with E-state index >= 15 is 0 Å². The van der Waals surface area contributed by atoms with Crippen LogP contribution in [-0.2, 0) is 10.0 Å². The molecule has 0 amide bonds. The first-order valence-electron chi connectivity index (χ1n) is 7.36. The fourth-order valence-electron chi connectivity index (χ4n) is 2.34. The lowest BCUT2D eigenvalue weighted by atomic mass is 10.2. The van der Waals surface area contributed by atoms with Gasteiger partial charge in [-0.3, -0.25) is 4.31 Å². The summed E-state index contributed by atoms with van der Waals surface area (Å²) < 4.78 is 42.8. The normalized spacial score (nSPS) is 11.0. The molecule has 24 heavy (non-hydrogen) atoms. The van der Waals surface area contributed by atoms with Crippen molar-refractivity contribution in [3.63, 3.8) is 0 Å². The monoisotopic (exact) mass is 351 g/mol. The minimum absolute atomic E-state index is 0.183. The van der Waals surface area contributed by atoms with Crippen molar-refractivity contribution in [1.29, 1.82) is 0 Å². The Hall–Kier alpha value is -2.41. The molecule has 2 aromatic carbocycles. The van der Waals surface area contributed by atoms with Gasteiger partial charge >= 0.3 is 0 Å². The Morgan fingerprint density at radius 3 is 1.96 bits per heavy atom. The second-order valence-corrected chi connectivity index (χ2v) is 6.75. The zero-order valence-corrected chi connectivity index (χ0v) is 15.0. The molecule has 0 unspecified atom stereocenters. The molecule has 0 heterocycles. The van der Waals surface area contributed by atoms with Gasteiger partial charge in [-0.25, -0.2) is 8.42 Å². The van der Waals surface area contributed by atoms with Gasteiger partial charge in [-0.2, -0.15) is 0 Å². The van der Waals surface area contributed by atoms with Crippen molar-refractivity contribution >= 4 is 15.7 Å². The largest absolute Gasteiger partial charge is 0.497 e. The number of sulfonamides is 1. The van der Waals surface area contributed by atoms with Crippen LogP contribution in [0.3, 0.4) is 0 Å². The Bertz CT molecular complexity index is 787. The molecule has 130 valence electrons. The second-order valence-electron chi connectivity index (χ2n) is 4.88. The predicted molar refractivity (Wildman–Crippen MR) is 92.7 cm³/mol. The van der Waals surface area contributed by atoms with E-state index in [9.17, 15) is 8.42 Å². The molecule has 0 aliphatic carbocycles. The Morgan fingerprint density at radius 1 is 0.875 bits per heavy atom. The number of methoxy groups -OCH3 is 3. The summed E-state index contributed by atoms with van der Waals surface area (Å²) in [5, 5.41) is 0. The van der Waals surface area contributed by atoms with Gasteiger partial charge in [0.25, 0.3) is 10.0 Å². The molecule has 2 aromatic rings. The number of benzene rings is 2. The molecular formula is C17H21NO5S. The minimum Gasteiger partial charge on any atom is -0.497 e. The van der Waals surface area contributed by atoms with E-state index < -0.39 is 10.0 Å². The maximum absolute atomic E-state index is 13.0. The summed E-state index contributed by atoms with van der Waals surface area (Å²) in [5.74, 6) is 1.61. The number of hydrogen-bond acceptors (Lipinski definition) is 5. The third kappa shape index (κ3) is 3.41. The third-order valence-corrected chi connectivity index (χ3v) is 5.49. The molecular weight excluding hydrogens is 330 g/mol. The molecule has 6 nitrogen and oxygen atoms in total. The molecule has 0 N–H and O–H groups in total. The van der Waals surface area contributed by atoms with Crippen LogP contribution in [0.25, 0.3) is 0 Å². The van der Waals surface area contributed by atoms with Crippen LogP contribution in [0.5, 0.6) is 17.2 Å². The van der Waals surface area contributed by atoms with Crippen molar-refractivity contribution in [2.45, 2.75) is 11.8 Å². The Morgan fingerprint density at radius 2 is 1.46 bits per heavy atom. The van der Waals surface area contributed by atoms with Crippen molar-refractivity contribution in [2.75, 3.05) is 32.2 Å². The van der Waals surface area contributed by atoms with Gasteiger partial charge in [-0.15, -0.1) is 0 Å². The van der Waals surface area contributed by atoms with Crippen LogP contribution in [0.1, 0.15) is 6.92 Å². The van der Waals surface area contributed by atoms with Crippen molar-refractivity contribution in [3.8, 4) is 17.2 Å². The fourth-order valence-corrected chi connectivity index (χ4v) is 3.82. The lowest BCUT2D eigenvalue weighted by Crippen LogP contribution is -2.31. The summed E-state index contributed by atoms with van der Waals surface area (Å²) in [6.07, 6.45) is 0. The second kappa shape index (κ2) is 7.44. The number of hydrogen-bond donors (Lipinski definition) is 0. The quantitative estimate of drug-likeness (QED) is 0.767. The summed E-state index contributed by atoms with van der Waals surface area (Å²) in [6, 6.07) is 11.3. The van der Waals surface area contributed by atoms with Crippen LogP contribution in [0.15, 0.2) is 47.4 Å². The molecule has 0 aliphatic heterocycles. The maximum Gasteiger partial charge on any atom is 0.264 e. The van der Waals surface area contributed by atoms with Crippen LogP contribution in [0.2, 0.25) is 0 Å². The Labute approximate surface area is 142 Å². The van der Waals surface area contributed by atoms with Crippen molar-refractivity contribution < 1.29 is 22.6 Å². The summed E-state index contributed by atoms with van der Waals surface area (Å²) in [4.78, 5) is 0.183. The molecule has 0 atom stereocenters. The first-order chi connectivity index (χ1) is 11.5. The molecule has 7 heteroatoms. The van der Waals surface area contributed by atoms with Crippen molar-refractivity contribution in [2.24, 2.45) is 0 Å². The smallest absolute Gasteiger partial charge is 0.264 e. The van der Waals surface area contributed by atoms with Gasteiger partial charge in [0.2, 0.25) is 0 Å². The predicted octanol–water partition coefficient (Wildman–Crippen LogP) is 2.93. The van der Waals surface area contributed by atoms with E-state index in [0.717, 1.165) is 0 Å². The highest BCUT2D eigenvalue weighted by Crippen LogP contribution is 2.35. The van der Waals surface area contributed by atoms with Crippen molar-refractivity contribution in [3.05, 3.63) is 42.5 Å². The van der Waals surface area contributed by atoms with E-state index in [2.05, 4.69) is 0 Å². The highest BCUT2D eigenvalue weighted by atomic mass is 32.2. The highest BCUT2D eigenvalue weighted by molar-refractivity contribution is 7.92. The van der Waals surface area contributed by atoms with Crippen molar-refractivity contribution in [1.82, 2.24) is 0 Å². The van der Waals surface area contributed by atoms with Crippen LogP contribution in [-0.4, -0.2) is 36.3 Å². The van der Waals surface area contributed by atoms with Gasteiger partial charge < -0.3 is 14.2 Å². The summed E-state index contributed by atoms with van der Waals surface area (Å²) in [5.41, 5.74) is 0.455. The lowest BCUT2D eigenvalue weighted by Gasteiger charge is -2.25. The maximum atomic E-state index is 13.0.